The normalized spacial score (nSPS) is 20.3. The van der Waals surface area contributed by atoms with E-state index in [0.29, 0.717) is 41.7 Å². The number of alkyl halides is 3. The molecular weight excluding hydrogens is 471 g/mol. The molecule has 0 saturated heterocycles. The molecule has 0 aromatic heterocycles. The zero-order chi connectivity index (χ0) is 26.2. The van der Waals surface area contributed by atoms with Crippen LogP contribution in [0, 0.1) is 11.3 Å². The van der Waals surface area contributed by atoms with E-state index in [1.165, 1.54) is 28.9 Å². The van der Waals surface area contributed by atoms with E-state index in [9.17, 15) is 33.1 Å². The first-order valence-corrected chi connectivity index (χ1v) is 11.5. The molecule has 0 radical (unpaired) electrons. The van der Waals surface area contributed by atoms with Crippen molar-refractivity contribution >= 4 is 17.7 Å². The number of anilines is 1. The molecule has 2 unspecified atom stereocenters. The SMILES string of the molecule is CC=C1CCCC2=C1C(c1ccc(C#N)cc1)N(C(C)C(=O)O)C(=O)N2c1cccc(C(F)(F)F)c1. The molecular formula is C27H24F3N3O3. The van der Waals surface area contributed by atoms with Crippen molar-refractivity contribution in [2.24, 2.45) is 0 Å². The van der Waals surface area contributed by atoms with Gasteiger partial charge in [-0.2, -0.15) is 18.4 Å². The summed E-state index contributed by atoms with van der Waals surface area (Å²) < 4.78 is 40.5. The van der Waals surface area contributed by atoms with Gasteiger partial charge < -0.3 is 5.11 Å². The van der Waals surface area contributed by atoms with E-state index in [1.807, 2.05) is 19.1 Å². The number of nitrogens with zero attached hydrogens (tertiary/aromatic N) is 3. The lowest BCUT2D eigenvalue weighted by Crippen LogP contribution is -2.56. The highest BCUT2D eigenvalue weighted by Gasteiger charge is 2.46. The largest absolute Gasteiger partial charge is 0.480 e. The number of allylic oxidation sites excluding steroid dienone is 2. The molecule has 1 aliphatic heterocycles. The van der Waals surface area contributed by atoms with Gasteiger partial charge >= 0.3 is 18.2 Å². The molecule has 4 rings (SSSR count). The number of hydrogen-bond acceptors (Lipinski definition) is 3. The Bertz CT molecular complexity index is 1310. The van der Waals surface area contributed by atoms with E-state index in [4.69, 9.17) is 0 Å². The van der Waals surface area contributed by atoms with Crippen molar-refractivity contribution in [1.82, 2.24) is 4.90 Å². The Kier molecular flexibility index (Phi) is 6.63. The Balaban J connectivity index is 2.01. The number of halogens is 3. The van der Waals surface area contributed by atoms with E-state index < -0.39 is 35.8 Å². The van der Waals surface area contributed by atoms with E-state index in [0.717, 1.165) is 17.7 Å². The minimum Gasteiger partial charge on any atom is -0.480 e. The van der Waals surface area contributed by atoms with Crippen molar-refractivity contribution in [1.29, 1.82) is 5.26 Å². The van der Waals surface area contributed by atoms with Crippen LogP contribution in [0.3, 0.4) is 0 Å². The number of hydrogen-bond donors (Lipinski definition) is 1. The van der Waals surface area contributed by atoms with Gasteiger partial charge in [-0.25, -0.2) is 9.59 Å². The van der Waals surface area contributed by atoms with Crippen molar-refractivity contribution in [3.8, 4) is 6.07 Å². The Morgan fingerprint density at radius 2 is 1.89 bits per heavy atom. The molecule has 0 saturated carbocycles. The van der Waals surface area contributed by atoms with Crippen LogP contribution < -0.4 is 4.90 Å². The maximum Gasteiger partial charge on any atom is 0.416 e. The van der Waals surface area contributed by atoms with Gasteiger partial charge in [-0.3, -0.25) is 9.80 Å². The second kappa shape index (κ2) is 9.53. The van der Waals surface area contributed by atoms with Crippen LogP contribution in [0.1, 0.15) is 55.8 Å². The molecule has 2 amide bonds. The molecule has 36 heavy (non-hydrogen) atoms. The summed E-state index contributed by atoms with van der Waals surface area (Å²) in [6.07, 6.45) is -0.893. The van der Waals surface area contributed by atoms with Crippen molar-refractivity contribution in [3.63, 3.8) is 0 Å². The Labute approximate surface area is 206 Å². The second-order valence-corrected chi connectivity index (χ2v) is 8.75. The van der Waals surface area contributed by atoms with E-state index in [-0.39, 0.29) is 5.69 Å². The smallest absolute Gasteiger partial charge is 0.416 e. The standard InChI is InChI=1S/C27H24F3N3O3/c1-3-18-6-4-9-22-23(18)24(19-12-10-17(15-31)11-13-19)32(16(2)25(34)35)26(36)33(22)21-8-5-7-20(14-21)27(28,29)30/h3,5,7-8,10-14,16,24H,4,6,9H2,1-2H3,(H,34,35). The quantitative estimate of drug-likeness (QED) is 0.531. The average molecular weight is 496 g/mol. The second-order valence-electron chi connectivity index (χ2n) is 8.75. The van der Waals surface area contributed by atoms with Gasteiger partial charge in [-0.05, 0) is 74.6 Å². The van der Waals surface area contributed by atoms with Crippen molar-refractivity contribution < 1.29 is 27.9 Å². The van der Waals surface area contributed by atoms with Gasteiger partial charge in [-0.1, -0.05) is 24.3 Å². The molecule has 1 N–H and O–H groups in total. The number of urea groups is 1. The maximum atomic E-state index is 14.0. The molecule has 2 aromatic carbocycles. The van der Waals surface area contributed by atoms with Crippen molar-refractivity contribution in [2.75, 3.05) is 4.90 Å². The fraction of sp³-hybridized carbons (Fsp3) is 0.296. The summed E-state index contributed by atoms with van der Waals surface area (Å²) in [5, 5.41) is 19.1. The molecule has 2 aromatic rings. The predicted molar refractivity (Wildman–Crippen MR) is 127 cm³/mol. The first kappa shape index (κ1) is 25.0. The average Bonchev–Trinajstić information content (AvgIpc) is 2.86. The summed E-state index contributed by atoms with van der Waals surface area (Å²) in [5.41, 5.74) is 2.32. The summed E-state index contributed by atoms with van der Waals surface area (Å²) in [6.45, 7) is 3.22. The molecule has 2 atom stereocenters. The molecule has 9 heteroatoms. The number of rotatable bonds is 4. The van der Waals surface area contributed by atoms with Crippen LogP contribution in [-0.2, 0) is 11.0 Å². The minimum atomic E-state index is -4.60. The van der Waals surface area contributed by atoms with Gasteiger partial charge in [0, 0.05) is 11.3 Å². The monoisotopic (exact) mass is 495 g/mol. The maximum absolute atomic E-state index is 14.0. The first-order chi connectivity index (χ1) is 17.1. The number of carboxylic acid groups (broad SMARTS) is 1. The minimum absolute atomic E-state index is 0.0283. The number of carbonyl (C=O) groups excluding carboxylic acids is 1. The molecule has 1 aliphatic carbocycles. The molecule has 1 heterocycles. The topological polar surface area (TPSA) is 84.6 Å². The van der Waals surface area contributed by atoms with Crippen molar-refractivity contribution in [3.05, 3.63) is 88.1 Å². The lowest BCUT2D eigenvalue weighted by Gasteiger charge is -2.48. The fourth-order valence-electron chi connectivity index (χ4n) is 4.91. The van der Waals surface area contributed by atoms with Crippen LogP contribution in [-0.4, -0.2) is 28.0 Å². The summed E-state index contributed by atoms with van der Waals surface area (Å²) >= 11 is 0. The predicted octanol–water partition coefficient (Wildman–Crippen LogP) is 6.42. The van der Waals surface area contributed by atoms with Gasteiger partial charge in [-0.15, -0.1) is 0 Å². The Hall–Kier alpha value is -4.06. The van der Waals surface area contributed by atoms with Gasteiger partial charge in [0.25, 0.3) is 0 Å². The number of carboxylic acids is 1. The van der Waals surface area contributed by atoms with E-state index in [1.54, 1.807) is 24.3 Å². The van der Waals surface area contributed by atoms with Gasteiger partial charge in [0.15, 0.2) is 0 Å². The van der Waals surface area contributed by atoms with E-state index >= 15 is 0 Å². The van der Waals surface area contributed by atoms with Gasteiger partial charge in [0.05, 0.1) is 28.9 Å². The van der Waals surface area contributed by atoms with Crippen LogP contribution in [0.5, 0.6) is 0 Å². The highest BCUT2D eigenvalue weighted by Crippen LogP contribution is 2.48. The summed E-state index contributed by atoms with van der Waals surface area (Å²) in [4.78, 5) is 28.6. The Morgan fingerprint density at radius 1 is 1.19 bits per heavy atom. The van der Waals surface area contributed by atoms with Crippen molar-refractivity contribution in [2.45, 2.75) is 51.4 Å². The highest BCUT2D eigenvalue weighted by atomic mass is 19.4. The third-order valence-electron chi connectivity index (χ3n) is 6.66. The molecule has 186 valence electrons. The summed E-state index contributed by atoms with van der Waals surface area (Å²) in [5.74, 6) is -1.24. The number of carbonyl (C=O) groups is 2. The van der Waals surface area contributed by atoms with Gasteiger partial charge in [0.2, 0.25) is 0 Å². The summed E-state index contributed by atoms with van der Waals surface area (Å²) in [6, 6.07) is 10.4. The Morgan fingerprint density at radius 3 is 2.47 bits per heavy atom. The van der Waals surface area contributed by atoms with Gasteiger partial charge in [0.1, 0.15) is 6.04 Å². The molecule has 0 bridgehead atoms. The lowest BCUT2D eigenvalue weighted by molar-refractivity contribution is -0.142. The molecule has 0 fully saturated rings. The third kappa shape index (κ3) is 4.35. The number of nitriles is 1. The lowest BCUT2D eigenvalue weighted by atomic mass is 9.80. The first-order valence-electron chi connectivity index (χ1n) is 11.5. The number of aliphatic carboxylic acids is 1. The molecule has 0 spiro atoms. The number of benzene rings is 2. The van der Waals surface area contributed by atoms with Crippen LogP contribution in [0.25, 0.3) is 0 Å². The molecule has 6 nitrogen and oxygen atoms in total. The molecule has 2 aliphatic rings. The van der Waals surface area contributed by atoms with Crippen LogP contribution in [0.15, 0.2) is 71.5 Å². The zero-order valence-electron chi connectivity index (χ0n) is 19.7. The van der Waals surface area contributed by atoms with Crippen LogP contribution in [0.2, 0.25) is 0 Å². The zero-order valence-corrected chi connectivity index (χ0v) is 19.7. The highest BCUT2D eigenvalue weighted by molar-refractivity contribution is 6.00. The third-order valence-corrected chi connectivity index (χ3v) is 6.66. The van der Waals surface area contributed by atoms with Crippen LogP contribution >= 0.6 is 0 Å². The summed E-state index contributed by atoms with van der Waals surface area (Å²) in [7, 11) is 0. The van der Waals surface area contributed by atoms with Crippen LogP contribution in [0.4, 0.5) is 23.7 Å². The number of amides is 2. The van der Waals surface area contributed by atoms with E-state index in [2.05, 4.69) is 0 Å². The fourth-order valence-corrected chi connectivity index (χ4v) is 4.91.